The molecule has 182 valence electrons. The van der Waals surface area contributed by atoms with E-state index in [0.29, 0.717) is 31.1 Å². The van der Waals surface area contributed by atoms with Gasteiger partial charge in [-0.05, 0) is 45.4 Å². The summed E-state index contributed by atoms with van der Waals surface area (Å²) in [6.07, 6.45) is 22.6. The van der Waals surface area contributed by atoms with Gasteiger partial charge in [-0.25, -0.2) is 0 Å². The van der Waals surface area contributed by atoms with Crippen molar-refractivity contribution in [2.24, 2.45) is 5.73 Å². The lowest BCUT2D eigenvalue weighted by molar-refractivity contribution is -0.508. The fourth-order valence-corrected chi connectivity index (χ4v) is 4.41. The third-order valence-corrected chi connectivity index (χ3v) is 6.40. The molecular formula is C26H52N3O2+. The molecule has 0 fully saturated rings. The number of nitrogens with two attached hydrogens (primary N) is 1. The Balaban J connectivity index is 2.05. The normalized spacial score (nSPS) is 20.4. The van der Waals surface area contributed by atoms with Crippen molar-refractivity contribution in [3.63, 3.8) is 0 Å². The second-order valence-corrected chi connectivity index (χ2v) is 9.59. The SMILES string of the molecule is CCCCCCCCCCCC(=O)OCCCC[C@H]1CCCCCC[C@@H](C)NC(N)=[NH+]1. The van der Waals surface area contributed by atoms with Gasteiger partial charge in [-0.15, -0.1) is 0 Å². The van der Waals surface area contributed by atoms with Crippen LogP contribution in [0.2, 0.25) is 0 Å². The molecule has 5 nitrogen and oxygen atoms in total. The summed E-state index contributed by atoms with van der Waals surface area (Å²) in [5.74, 6) is 0.693. The summed E-state index contributed by atoms with van der Waals surface area (Å²) in [4.78, 5) is 15.4. The third-order valence-electron chi connectivity index (χ3n) is 6.40. The number of rotatable bonds is 15. The van der Waals surface area contributed by atoms with E-state index in [4.69, 9.17) is 10.5 Å². The van der Waals surface area contributed by atoms with Crippen molar-refractivity contribution in [1.82, 2.24) is 5.32 Å². The molecule has 4 N–H and O–H groups in total. The van der Waals surface area contributed by atoms with Gasteiger partial charge in [0, 0.05) is 6.42 Å². The number of carbonyl (C=O) groups is 1. The van der Waals surface area contributed by atoms with Gasteiger partial charge >= 0.3 is 11.9 Å². The van der Waals surface area contributed by atoms with Crippen LogP contribution in [0, 0.1) is 0 Å². The first-order chi connectivity index (χ1) is 15.1. The Morgan fingerprint density at radius 1 is 0.935 bits per heavy atom. The maximum absolute atomic E-state index is 11.9. The lowest BCUT2D eigenvalue weighted by atomic mass is 10.0. The average molecular weight is 439 g/mol. The highest BCUT2D eigenvalue weighted by atomic mass is 16.5. The van der Waals surface area contributed by atoms with Crippen LogP contribution in [0.5, 0.6) is 0 Å². The van der Waals surface area contributed by atoms with E-state index in [0.717, 1.165) is 38.5 Å². The quantitative estimate of drug-likeness (QED) is 0.255. The van der Waals surface area contributed by atoms with Crippen LogP contribution >= 0.6 is 0 Å². The molecular weight excluding hydrogens is 386 g/mol. The van der Waals surface area contributed by atoms with Crippen molar-refractivity contribution in [2.75, 3.05) is 6.61 Å². The first-order valence-electron chi connectivity index (χ1n) is 13.4. The van der Waals surface area contributed by atoms with Gasteiger partial charge in [0.1, 0.15) is 0 Å². The second kappa shape index (κ2) is 19.4. The highest BCUT2D eigenvalue weighted by molar-refractivity contribution is 5.72. The summed E-state index contributed by atoms with van der Waals surface area (Å²) in [5, 5.41) is 3.38. The van der Waals surface area contributed by atoms with Crippen molar-refractivity contribution in [1.29, 1.82) is 0 Å². The monoisotopic (exact) mass is 438 g/mol. The van der Waals surface area contributed by atoms with Crippen LogP contribution in [0.15, 0.2) is 0 Å². The Morgan fingerprint density at radius 3 is 2.29 bits per heavy atom. The molecule has 31 heavy (non-hydrogen) atoms. The molecule has 1 aliphatic heterocycles. The van der Waals surface area contributed by atoms with E-state index in [1.54, 1.807) is 0 Å². The molecule has 0 amide bonds. The van der Waals surface area contributed by atoms with Crippen LogP contribution in [0.4, 0.5) is 0 Å². The largest absolute Gasteiger partial charge is 0.466 e. The lowest BCUT2D eigenvalue weighted by Crippen LogP contribution is -2.84. The van der Waals surface area contributed by atoms with Crippen LogP contribution in [0.1, 0.15) is 136 Å². The van der Waals surface area contributed by atoms with E-state index in [1.165, 1.54) is 77.0 Å². The molecule has 1 heterocycles. The number of carbonyl (C=O) groups excluding carboxylic acids is 1. The minimum Gasteiger partial charge on any atom is -0.466 e. The molecule has 0 aromatic rings. The summed E-state index contributed by atoms with van der Waals surface area (Å²) < 4.78 is 5.43. The fraction of sp³-hybridized carbons (Fsp3) is 0.923. The zero-order valence-electron chi connectivity index (χ0n) is 20.7. The summed E-state index contributed by atoms with van der Waals surface area (Å²) in [6, 6.07) is 0.840. The van der Waals surface area contributed by atoms with Crippen molar-refractivity contribution < 1.29 is 14.5 Å². The summed E-state index contributed by atoms with van der Waals surface area (Å²) in [5.41, 5.74) is 6.16. The highest BCUT2D eigenvalue weighted by Gasteiger charge is 2.14. The van der Waals surface area contributed by atoms with Crippen molar-refractivity contribution in [3.05, 3.63) is 0 Å². The van der Waals surface area contributed by atoms with E-state index in [2.05, 4.69) is 24.2 Å². The van der Waals surface area contributed by atoms with Crippen LogP contribution in [0.3, 0.4) is 0 Å². The number of unbranched alkanes of at least 4 members (excludes halogenated alkanes) is 9. The molecule has 0 unspecified atom stereocenters. The van der Waals surface area contributed by atoms with E-state index < -0.39 is 0 Å². The molecule has 5 heteroatoms. The average Bonchev–Trinajstić information content (AvgIpc) is 2.77. The Labute approximate surface area is 192 Å². The molecule has 2 atom stereocenters. The molecule has 0 radical (unpaired) electrons. The first-order valence-corrected chi connectivity index (χ1v) is 13.4. The molecule has 0 aromatic heterocycles. The number of esters is 1. The van der Waals surface area contributed by atoms with Gasteiger partial charge in [-0.1, -0.05) is 84.0 Å². The van der Waals surface area contributed by atoms with Crippen molar-refractivity contribution in [3.8, 4) is 0 Å². The Hall–Kier alpha value is -1.26. The smallest absolute Gasteiger partial charge is 0.341 e. The zero-order chi connectivity index (χ0) is 22.6. The fourth-order valence-electron chi connectivity index (χ4n) is 4.41. The Morgan fingerprint density at radius 2 is 1.58 bits per heavy atom. The maximum atomic E-state index is 11.9. The van der Waals surface area contributed by atoms with Gasteiger partial charge in [-0.3, -0.25) is 20.8 Å². The van der Waals surface area contributed by atoms with Gasteiger partial charge in [0.15, 0.2) is 0 Å². The topological polar surface area (TPSA) is 78.3 Å². The van der Waals surface area contributed by atoms with Gasteiger partial charge in [0.05, 0.1) is 18.7 Å². The zero-order valence-corrected chi connectivity index (χ0v) is 20.7. The molecule has 0 bridgehead atoms. The van der Waals surface area contributed by atoms with Crippen molar-refractivity contribution in [2.45, 2.75) is 148 Å². The van der Waals surface area contributed by atoms with Gasteiger partial charge < -0.3 is 4.74 Å². The van der Waals surface area contributed by atoms with E-state index in [1.807, 2.05) is 0 Å². The molecule has 1 aliphatic rings. The van der Waals surface area contributed by atoms with Gasteiger partial charge in [0.2, 0.25) is 0 Å². The van der Waals surface area contributed by atoms with Crippen LogP contribution in [0.25, 0.3) is 0 Å². The Bertz CT molecular complexity index is 468. The highest BCUT2D eigenvalue weighted by Crippen LogP contribution is 2.12. The van der Waals surface area contributed by atoms with Gasteiger partial charge in [-0.2, -0.15) is 0 Å². The lowest BCUT2D eigenvalue weighted by Gasteiger charge is -2.13. The van der Waals surface area contributed by atoms with Crippen LogP contribution in [-0.4, -0.2) is 30.6 Å². The van der Waals surface area contributed by atoms with E-state index in [9.17, 15) is 4.79 Å². The molecule has 0 saturated carbocycles. The molecule has 0 spiro atoms. The molecule has 0 aliphatic carbocycles. The number of guanidine groups is 1. The predicted octanol–water partition coefficient (Wildman–Crippen LogP) is 4.72. The van der Waals surface area contributed by atoms with Crippen molar-refractivity contribution >= 4 is 11.9 Å². The predicted molar refractivity (Wildman–Crippen MR) is 131 cm³/mol. The molecule has 0 saturated heterocycles. The minimum absolute atomic E-state index is 0.0215. The van der Waals surface area contributed by atoms with Crippen LogP contribution in [-0.2, 0) is 9.53 Å². The maximum Gasteiger partial charge on any atom is 0.341 e. The molecule has 1 rings (SSSR count). The number of hydrogen-bond acceptors (Lipinski definition) is 4. The minimum atomic E-state index is -0.0215. The third kappa shape index (κ3) is 17.0. The molecule has 0 aromatic carbocycles. The summed E-state index contributed by atoms with van der Waals surface area (Å²) >= 11 is 0. The second-order valence-electron chi connectivity index (χ2n) is 9.59. The van der Waals surface area contributed by atoms with E-state index >= 15 is 0 Å². The number of hydrogen-bond donors (Lipinski definition) is 3. The number of ether oxygens (including phenoxy) is 1. The summed E-state index contributed by atoms with van der Waals surface area (Å²) in [6.45, 7) is 5.01. The Kier molecular flexibility index (Phi) is 17.4. The van der Waals surface area contributed by atoms with Gasteiger partial charge in [0.25, 0.3) is 0 Å². The number of nitrogens with one attached hydrogen (secondary N) is 2. The summed E-state index contributed by atoms with van der Waals surface area (Å²) in [7, 11) is 0. The first kappa shape index (κ1) is 27.8. The van der Waals surface area contributed by atoms with E-state index in [-0.39, 0.29) is 5.97 Å². The standard InChI is InChI=1S/C26H51N3O2/c1-3-4-5-6-7-8-9-10-15-21-25(30)31-22-17-16-20-24-19-14-12-11-13-18-23(2)28-26(27)29-24/h23-24H,3-22H2,1-2H3,(H3,27,28,29)/p+1/t23-,24-/m1/s1. The van der Waals surface area contributed by atoms with Crippen LogP contribution < -0.4 is 16.0 Å².